The van der Waals surface area contributed by atoms with E-state index in [1.807, 2.05) is 36.4 Å². The normalized spacial score (nSPS) is 14.6. The van der Waals surface area contributed by atoms with Crippen molar-refractivity contribution in [2.75, 3.05) is 6.54 Å². The molecule has 0 aliphatic carbocycles. The van der Waals surface area contributed by atoms with Gasteiger partial charge in [0.05, 0.1) is 6.26 Å². The first-order valence-electron chi connectivity index (χ1n) is 5.25. The van der Waals surface area contributed by atoms with Crippen LogP contribution in [0.15, 0.2) is 53.1 Å². The van der Waals surface area contributed by atoms with Crippen LogP contribution in [0.2, 0.25) is 0 Å². The number of nitrogens with two attached hydrogens (primary N) is 1. The van der Waals surface area contributed by atoms with Gasteiger partial charge in [0, 0.05) is 13.0 Å². The zero-order chi connectivity index (χ0) is 11.4. The van der Waals surface area contributed by atoms with Gasteiger partial charge in [-0.3, -0.25) is 0 Å². The summed E-state index contributed by atoms with van der Waals surface area (Å²) in [5, 5.41) is 10.5. The first-order valence-corrected chi connectivity index (χ1v) is 5.25. The summed E-state index contributed by atoms with van der Waals surface area (Å²) in [5.74, 6) is 0.733. The van der Waals surface area contributed by atoms with E-state index in [4.69, 9.17) is 10.2 Å². The second kappa shape index (κ2) is 4.51. The van der Waals surface area contributed by atoms with Crippen LogP contribution in [-0.4, -0.2) is 11.7 Å². The average Bonchev–Trinajstić information content (AvgIpc) is 2.83. The van der Waals surface area contributed by atoms with Gasteiger partial charge in [-0.05, 0) is 17.7 Å². The predicted molar refractivity (Wildman–Crippen MR) is 61.8 cm³/mol. The van der Waals surface area contributed by atoms with Crippen LogP contribution in [0.5, 0.6) is 0 Å². The van der Waals surface area contributed by atoms with Crippen LogP contribution in [-0.2, 0) is 12.0 Å². The molecule has 1 heterocycles. The minimum absolute atomic E-state index is 0.164. The number of furan rings is 1. The molecule has 0 radical (unpaired) electrons. The van der Waals surface area contributed by atoms with Crippen molar-refractivity contribution in [1.82, 2.24) is 0 Å². The van der Waals surface area contributed by atoms with Crippen LogP contribution in [0.1, 0.15) is 11.3 Å². The molecular formula is C13H15NO2. The molecule has 0 fully saturated rings. The van der Waals surface area contributed by atoms with Gasteiger partial charge in [0.1, 0.15) is 11.4 Å². The van der Waals surface area contributed by atoms with Gasteiger partial charge >= 0.3 is 0 Å². The van der Waals surface area contributed by atoms with Crippen LogP contribution in [0.3, 0.4) is 0 Å². The van der Waals surface area contributed by atoms with Crippen molar-refractivity contribution in [1.29, 1.82) is 0 Å². The van der Waals surface area contributed by atoms with Gasteiger partial charge in [0.25, 0.3) is 0 Å². The van der Waals surface area contributed by atoms with Gasteiger partial charge in [-0.25, -0.2) is 0 Å². The zero-order valence-corrected chi connectivity index (χ0v) is 8.97. The highest BCUT2D eigenvalue weighted by Crippen LogP contribution is 2.24. The summed E-state index contributed by atoms with van der Waals surface area (Å²) in [6.07, 6.45) is 1.98. The molecule has 3 heteroatoms. The maximum atomic E-state index is 10.5. The lowest BCUT2D eigenvalue weighted by atomic mass is 9.89. The summed E-state index contributed by atoms with van der Waals surface area (Å²) >= 11 is 0. The fourth-order valence-corrected chi connectivity index (χ4v) is 1.74. The largest absolute Gasteiger partial charge is 0.469 e. The summed E-state index contributed by atoms with van der Waals surface area (Å²) in [5.41, 5.74) is 5.42. The first kappa shape index (κ1) is 10.9. The van der Waals surface area contributed by atoms with E-state index in [2.05, 4.69) is 0 Å². The highest BCUT2D eigenvalue weighted by Gasteiger charge is 2.28. The predicted octanol–water partition coefficient (Wildman–Crippen LogP) is 1.67. The molecule has 1 aromatic heterocycles. The van der Waals surface area contributed by atoms with Gasteiger partial charge in [-0.2, -0.15) is 0 Å². The van der Waals surface area contributed by atoms with Gasteiger partial charge in [0.2, 0.25) is 0 Å². The fourth-order valence-electron chi connectivity index (χ4n) is 1.74. The molecular weight excluding hydrogens is 202 g/mol. The van der Waals surface area contributed by atoms with Crippen LogP contribution < -0.4 is 5.73 Å². The van der Waals surface area contributed by atoms with Gasteiger partial charge in [0.15, 0.2) is 0 Å². The molecule has 2 rings (SSSR count). The van der Waals surface area contributed by atoms with Crippen molar-refractivity contribution >= 4 is 0 Å². The number of benzene rings is 1. The molecule has 1 atom stereocenters. The highest BCUT2D eigenvalue weighted by molar-refractivity contribution is 5.24. The summed E-state index contributed by atoms with van der Waals surface area (Å²) in [6, 6.07) is 13.1. The molecule has 0 aliphatic rings. The van der Waals surface area contributed by atoms with E-state index in [0.29, 0.717) is 6.42 Å². The molecule has 0 spiro atoms. The van der Waals surface area contributed by atoms with E-state index in [1.165, 1.54) is 0 Å². The molecule has 0 aliphatic heterocycles. The molecule has 0 bridgehead atoms. The number of hydrogen-bond acceptors (Lipinski definition) is 3. The van der Waals surface area contributed by atoms with Crippen LogP contribution in [0.25, 0.3) is 0 Å². The molecule has 3 nitrogen and oxygen atoms in total. The van der Waals surface area contributed by atoms with E-state index in [1.54, 1.807) is 12.3 Å². The Labute approximate surface area is 94.5 Å². The molecule has 3 N–H and O–H groups in total. The van der Waals surface area contributed by atoms with Crippen molar-refractivity contribution in [3.05, 3.63) is 60.1 Å². The number of rotatable bonds is 4. The Morgan fingerprint density at radius 2 is 1.88 bits per heavy atom. The second-order valence-electron chi connectivity index (χ2n) is 3.86. The second-order valence-corrected chi connectivity index (χ2v) is 3.86. The topological polar surface area (TPSA) is 59.4 Å². The minimum atomic E-state index is -1.06. The Balaban J connectivity index is 2.26. The maximum Gasteiger partial charge on any atom is 0.109 e. The Morgan fingerprint density at radius 3 is 2.44 bits per heavy atom. The molecule has 1 aromatic carbocycles. The lowest BCUT2D eigenvalue weighted by Gasteiger charge is -2.26. The third-order valence-electron chi connectivity index (χ3n) is 2.70. The standard InChI is InChI=1S/C13H15NO2/c14-10-13(15,9-12-7-4-8-16-12)11-5-2-1-3-6-11/h1-8,15H,9-10,14H2. The molecule has 1 unspecified atom stereocenters. The Morgan fingerprint density at radius 1 is 1.12 bits per heavy atom. The minimum Gasteiger partial charge on any atom is -0.469 e. The van der Waals surface area contributed by atoms with Crippen LogP contribution >= 0.6 is 0 Å². The summed E-state index contributed by atoms with van der Waals surface area (Å²) in [6.45, 7) is 0.164. The average molecular weight is 217 g/mol. The van der Waals surface area contributed by atoms with E-state index in [9.17, 15) is 5.11 Å². The fraction of sp³-hybridized carbons (Fsp3) is 0.231. The zero-order valence-electron chi connectivity index (χ0n) is 8.97. The Kier molecular flexibility index (Phi) is 3.08. The smallest absolute Gasteiger partial charge is 0.109 e. The highest BCUT2D eigenvalue weighted by atomic mass is 16.3. The van der Waals surface area contributed by atoms with Gasteiger partial charge < -0.3 is 15.3 Å². The van der Waals surface area contributed by atoms with E-state index >= 15 is 0 Å². The molecule has 16 heavy (non-hydrogen) atoms. The van der Waals surface area contributed by atoms with Gasteiger partial charge in [-0.15, -0.1) is 0 Å². The van der Waals surface area contributed by atoms with E-state index in [-0.39, 0.29) is 6.54 Å². The lowest BCUT2D eigenvalue weighted by molar-refractivity contribution is 0.0410. The Hall–Kier alpha value is -1.58. The van der Waals surface area contributed by atoms with Crippen molar-refractivity contribution < 1.29 is 9.52 Å². The summed E-state index contributed by atoms with van der Waals surface area (Å²) in [4.78, 5) is 0. The van der Waals surface area contributed by atoms with Crippen molar-refractivity contribution in [2.24, 2.45) is 5.73 Å². The van der Waals surface area contributed by atoms with E-state index in [0.717, 1.165) is 11.3 Å². The Bertz CT molecular complexity index is 424. The quantitative estimate of drug-likeness (QED) is 0.819. The van der Waals surface area contributed by atoms with Crippen molar-refractivity contribution in [3.63, 3.8) is 0 Å². The number of aliphatic hydroxyl groups is 1. The molecule has 0 saturated carbocycles. The van der Waals surface area contributed by atoms with Crippen molar-refractivity contribution in [2.45, 2.75) is 12.0 Å². The summed E-state index contributed by atoms with van der Waals surface area (Å²) in [7, 11) is 0. The van der Waals surface area contributed by atoms with Crippen molar-refractivity contribution in [3.8, 4) is 0 Å². The summed E-state index contributed by atoms with van der Waals surface area (Å²) < 4.78 is 5.24. The molecule has 0 amide bonds. The van der Waals surface area contributed by atoms with Crippen LogP contribution in [0.4, 0.5) is 0 Å². The van der Waals surface area contributed by atoms with E-state index < -0.39 is 5.60 Å². The third-order valence-corrected chi connectivity index (χ3v) is 2.70. The van der Waals surface area contributed by atoms with Gasteiger partial charge in [-0.1, -0.05) is 30.3 Å². The van der Waals surface area contributed by atoms with Crippen LogP contribution in [0, 0.1) is 0 Å². The molecule has 2 aromatic rings. The third kappa shape index (κ3) is 2.15. The SMILES string of the molecule is NCC(O)(Cc1ccco1)c1ccccc1. The molecule has 84 valence electrons. The first-order chi connectivity index (χ1) is 7.74. The maximum absolute atomic E-state index is 10.5. The molecule has 0 saturated heterocycles. The number of hydrogen-bond donors (Lipinski definition) is 2. The monoisotopic (exact) mass is 217 g/mol. The lowest BCUT2D eigenvalue weighted by Crippen LogP contribution is -2.37.